The third kappa shape index (κ3) is 3.33. The van der Waals surface area contributed by atoms with Crippen LogP contribution >= 0.6 is 15.9 Å². The molecule has 0 aliphatic heterocycles. The summed E-state index contributed by atoms with van der Waals surface area (Å²) in [5.74, 6) is -0.619. The molecule has 0 saturated heterocycles. The second kappa shape index (κ2) is 5.98. The fraction of sp³-hybridized carbons (Fsp3) is 0.312. The quantitative estimate of drug-likeness (QED) is 0.648. The van der Waals surface area contributed by atoms with E-state index in [1.807, 2.05) is 29.2 Å². The van der Waals surface area contributed by atoms with Crippen molar-refractivity contribution < 1.29 is 13.2 Å². The van der Waals surface area contributed by atoms with Crippen molar-refractivity contribution in [1.82, 2.24) is 19.8 Å². The van der Waals surface area contributed by atoms with E-state index in [4.69, 9.17) is 0 Å². The van der Waals surface area contributed by atoms with Crippen molar-refractivity contribution in [2.45, 2.75) is 31.6 Å². The van der Waals surface area contributed by atoms with E-state index in [1.54, 1.807) is 6.07 Å². The van der Waals surface area contributed by atoms with Crippen LogP contribution in [0.1, 0.15) is 24.2 Å². The van der Waals surface area contributed by atoms with Crippen molar-refractivity contribution in [2.24, 2.45) is 0 Å². The molecule has 3 aromatic rings. The minimum atomic E-state index is -4.60. The molecule has 0 bridgehead atoms. The Morgan fingerprint density at radius 2 is 1.80 bits per heavy atom. The predicted octanol–water partition coefficient (Wildman–Crippen LogP) is 4.07. The first-order valence-electron chi connectivity index (χ1n) is 7.72. The largest absolute Gasteiger partial charge is 0.453 e. The number of benzene rings is 1. The van der Waals surface area contributed by atoms with E-state index in [0.29, 0.717) is 18.4 Å². The fourth-order valence-corrected chi connectivity index (χ4v) is 2.94. The van der Waals surface area contributed by atoms with Gasteiger partial charge in [-0.15, -0.1) is 15.3 Å². The van der Waals surface area contributed by atoms with Crippen molar-refractivity contribution in [3.05, 3.63) is 52.3 Å². The normalized spacial score (nSPS) is 14.9. The molecule has 0 spiro atoms. The maximum atomic E-state index is 13.1. The number of anilines is 1. The Bertz CT molecular complexity index is 902. The number of rotatable bonds is 4. The highest BCUT2D eigenvalue weighted by molar-refractivity contribution is 9.10. The molecule has 1 aliphatic rings. The van der Waals surface area contributed by atoms with Gasteiger partial charge in [-0.25, -0.2) is 0 Å². The van der Waals surface area contributed by atoms with E-state index in [-0.39, 0.29) is 5.65 Å². The van der Waals surface area contributed by atoms with Gasteiger partial charge in [0, 0.05) is 17.1 Å². The summed E-state index contributed by atoms with van der Waals surface area (Å²) in [6, 6.07) is 11.4. The van der Waals surface area contributed by atoms with Crippen LogP contribution in [0.4, 0.5) is 19.0 Å². The van der Waals surface area contributed by atoms with Crippen molar-refractivity contribution in [3.8, 4) is 0 Å². The highest BCUT2D eigenvalue weighted by Gasteiger charge is 2.38. The molecule has 4 rings (SSSR count). The number of alkyl halides is 3. The second-order valence-electron chi connectivity index (χ2n) is 5.97. The summed E-state index contributed by atoms with van der Waals surface area (Å²) in [7, 11) is 0. The predicted molar refractivity (Wildman–Crippen MR) is 89.1 cm³/mol. The standard InChI is InChI=1S/C16H13BrF3N5/c17-11-3-1-10(2-4-11)9-24(12-5-6-12)14-8-7-13-21-22-15(16(18,19)20)25(13)23-14/h1-4,7-8,12H,5-6,9H2. The summed E-state index contributed by atoms with van der Waals surface area (Å²) < 4.78 is 40.9. The van der Waals surface area contributed by atoms with Gasteiger partial charge in [0.15, 0.2) is 5.65 Å². The Kier molecular flexibility index (Phi) is 3.90. The monoisotopic (exact) mass is 411 g/mol. The van der Waals surface area contributed by atoms with Crippen molar-refractivity contribution in [1.29, 1.82) is 0 Å². The van der Waals surface area contributed by atoms with Crippen LogP contribution in [-0.4, -0.2) is 25.9 Å². The molecule has 2 aromatic heterocycles. The van der Waals surface area contributed by atoms with Gasteiger partial charge in [-0.05, 0) is 42.7 Å². The molecule has 25 heavy (non-hydrogen) atoms. The first kappa shape index (κ1) is 16.3. The van der Waals surface area contributed by atoms with Crippen LogP contribution in [0.25, 0.3) is 5.65 Å². The Hall–Kier alpha value is -2.16. The second-order valence-corrected chi connectivity index (χ2v) is 6.88. The van der Waals surface area contributed by atoms with Gasteiger partial charge in [-0.2, -0.15) is 17.7 Å². The first-order chi connectivity index (χ1) is 11.9. The summed E-state index contributed by atoms with van der Waals surface area (Å²) in [6.45, 7) is 0.583. The molecule has 1 aliphatic carbocycles. The molecule has 0 unspecified atom stereocenters. The number of hydrogen-bond acceptors (Lipinski definition) is 4. The lowest BCUT2D eigenvalue weighted by molar-refractivity contribution is -0.146. The first-order valence-corrected chi connectivity index (χ1v) is 8.52. The van der Waals surface area contributed by atoms with Crippen LogP contribution in [0, 0.1) is 0 Å². The maximum absolute atomic E-state index is 13.1. The van der Waals surface area contributed by atoms with Crippen LogP contribution < -0.4 is 4.90 Å². The molecule has 9 heteroatoms. The van der Waals surface area contributed by atoms with E-state index in [2.05, 4.69) is 31.2 Å². The summed E-state index contributed by atoms with van der Waals surface area (Å²) >= 11 is 3.40. The Labute approximate surface area is 149 Å². The minimum absolute atomic E-state index is 0.0791. The van der Waals surface area contributed by atoms with Crippen LogP contribution in [0.15, 0.2) is 40.9 Å². The van der Waals surface area contributed by atoms with E-state index in [9.17, 15) is 13.2 Å². The zero-order valence-corrected chi connectivity index (χ0v) is 14.5. The van der Waals surface area contributed by atoms with Crippen LogP contribution in [0.2, 0.25) is 0 Å². The molecule has 0 atom stereocenters. The smallest absolute Gasteiger partial charge is 0.348 e. The number of fused-ring (bicyclic) bond motifs is 1. The van der Waals surface area contributed by atoms with Crippen LogP contribution in [0.5, 0.6) is 0 Å². The molecule has 130 valence electrons. The summed E-state index contributed by atoms with van der Waals surface area (Å²) in [6.07, 6.45) is -2.59. The third-order valence-corrected chi connectivity index (χ3v) is 4.58. The SMILES string of the molecule is FC(F)(F)c1nnc2ccc(N(Cc3ccc(Br)cc3)C3CC3)nn12. The van der Waals surface area contributed by atoms with E-state index in [0.717, 1.165) is 27.4 Å². The van der Waals surface area contributed by atoms with Gasteiger partial charge in [0.1, 0.15) is 5.82 Å². The number of aromatic nitrogens is 4. The van der Waals surface area contributed by atoms with Crippen molar-refractivity contribution >= 4 is 27.4 Å². The van der Waals surface area contributed by atoms with Crippen LogP contribution in [0.3, 0.4) is 0 Å². The molecule has 0 radical (unpaired) electrons. The van der Waals surface area contributed by atoms with Crippen LogP contribution in [-0.2, 0) is 12.7 Å². The zero-order chi connectivity index (χ0) is 17.6. The molecule has 0 N–H and O–H groups in total. The molecule has 1 saturated carbocycles. The topological polar surface area (TPSA) is 46.3 Å². The summed E-state index contributed by atoms with van der Waals surface area (Å²) in [4.78, 5) is 2.03. The van der Waals surface area contributed by atoms with Crippen molar-refractivity contribution in [3.63, 3.8) is 0 Å². The molecule has 1 fully saturated rings. The molecular weight excluding hydrogens is 399 g/mol. The molecule has 5 nitrogen and oxygen atoms in total. The highest BCUT2D eigenvalue weighted by Crippen LogP contribution is 2.33. The highest BCUT2D eigenvalue weighted by atomic mass is 79.9. The van der Waals surface area contributed by atoms with Gasteiger partial charge in [0.25, 0.3) is 5.82 Å². The molecule has 1 aromatic carbocycles. The lowest BCUT2D eigenvalue weighted by Crippen LogP contribution is -2.27. The Balaban J connectivity index is 1.71. The molecule has 0 amide bonds. The number of halogens is 4. The number of nitrogens with zero attached hydrogens (tertiary/aromatic N) is 5. The summed E-state index contributed by atoms with van der Waals surface area (Å²) in [5, 5.41) is 10.9. The van der Waals surface area contributed by atoms with Gasteiger partial charge in [-0.3, -0.25) is 0 Å². The zero-order valence-electron chi connectivity index (χ0n) is 12.9. The molecule has 2 heterocycles. The van der Waals surface area contributed by atoms with Gasteiger partial charge in [0.2, 0.25) is 0 Å². The maximum Gasteiger partial charge on any atom is 0.453 e. The van der Waals surface area contributed by atoms with Gasteiger partial charge in [-0.1, -0.05) is 28.1 Å². The van der Waals surface area contributed by atoms with Crippen molar-refractivity contribution in [2.75, 3.05) is 4.90 Å². The average molecular weight is 412 g/mol. The van der Waals surface area contributed by atoms with E-state index >= 15 is 0 Å². The van der Waals surface area contributed by atoms with E-state index < -0.39 is 12.0 Å². The summed E-state index contributed by atoms with van der Waals surface area (Å²) in [5.41, 5.74) is 1.15. The van der Waals surface area contributed by atoms with Gasteiger partial charge in [0.05, 0.1) is 0 Å². The lowest BCUT2D eigenvalue weighted by Gasteiger charge is -2.23. The Morgan fingerprint density at radius 3 is 2.44 bits per heavy atom. The average Bonchev–Trinajstić information content (AvgIpc) is 3.31. The Morgan fingerprint density at radius 1 is 1.08 bits per heavy atom. The van der Waals surface area contributed by atoms with Gasteiger partial charge < -0.3 is 4.90 Å². The fourth-order valence-electron chi connectivity index (χ4n) is 2.68. The lowest BCUT2D eigenvalue weighted by atomic mass is 10.2. The third-order valence-electron chi connectivity index (χ3n) is 4.05. The number of hydrogen-bond donors (Lipinski definition) is 0. The minimum Gasteiger partial charge on any atom is -0.348 e. The van der Waals surface area contributed by atoms with Gasteiger partial charge >= 0.3 is 6.18 Å². The molecular formula is C16H13BrF3N5. The van der Waals surface area contributed by atoms with E-state index in [1.165, 1.54) is 6.07 Å².